The van der Waals surface area contributed by atoms with Crippen molar-refractivity contribution >= 4 is 11.0 Å². The summed E-state index contributed by atoms with van der Waals surface area (Å²) in [6.07, 6.45) is 3.01. The van der Waals surface area contributed by atoms with Crippen molar-refractivity contribution < 1.29 is 4.74 Å². The van der Waals surface area contributed by atoms with Crippen LogP contribution in [0.25, 0.3) is 11.0 Å². The SMILES string of the molecule is CCC(C)n1cnc2cc(OC)ccc21. The molecule has 0 bridgehead atoms. The average Bonchev–Trinajstić information content (AvgIpc) is 2.70. The Bertz CT molecular complexity index is 462. The molecule has 0 fully saturated rings. The van der Waals surface area contributed by atoms with Gasteiger partial charge in [-0.25, -0.2) is 4.98 Å². The maximum absolute atomic E-state index is 5.17. The van der Waals surface area contributed by atoms with Crippen LogP contribution < -0.4 is 4.74 Å². The number of aromatic nitrogens is 2. The minimum absolute atomic E-state index is 0.489. The van der Waals surface area contributed by atoms with Gasteiger partial charge in [0.1, 0.15) is 5.75 Å². The number of hydrogen-bond donors (Lipinski definition) is 0. The molecule has 1 atom stereocenters. The highest BCUT2D eigenvalue weighted by Crippen LogP contribution is 2.23. The first-order chi connectivity index (χ1) is 7.26. The van der Waals surface area contributed by atoms with Gasteiger partial charge in [-0.2, -0.15) is 0 Å². The van der Waals surface area contributed by atoms with E-state index in [1.54, 1.807) is 7.11 Å². The number of ether oxygens (including phenoxy) is 1. The summed E-state index contributed by atoms with van der Waals surface area (Å²) in [6.45, 7) is 4.38. The number of hydrogen-bond acceptors (Lipinski definition) is 2. The number of benzene rings is 1. The lowest BCUT2D eigenvalue weighted by Gasteiger charge is -2.11. The Morgan fingerprint density at radius 1 is 1.47 bits per heavy atom. The van der Waals surface area contributed by atoms with Gasteiger partial charge in [-0.05, 0) is 25.5 Å². The first-order valence-corrected chi connectivity index (χ1v) is 5.26. The fourth-order valence-electron chi connectivity index (χ4n) is 1.69. The van der Waals surface area contributed by atoms with Crippen molar-refractivity contribution in [3.8, 4) is 5.75 Å². The molecule has 0 N–H and O–H groups in total. The standard InChI is InChI=1S/C12H16N2O/c1-4-9(2)14-8-13-11-7-10(15-3)5-6-12(11)14/h5-9H,4H2,1-3H3. The Labute approximate surface area is 89.7 Å². The molecule has 1 heterocycles. The molecule has 1 unspecified atom stereocenters. The molecule has 0 amide bonds. The number of rotatable bonds is 3. The van der Waals surface area contributed by atoms with Crippen LogP contribution in [-0.2, 0) is 0 Å². The van der Waals surface area contributed by atoms with Crippen LogP contribution in [-0.4, -0.2) is 16.7 Å². The molecule has 2 aromatic rings. The third-order valence-electron chi connectivity index (χ3n) is 2.85. The van der Waals surface area contributed by atoms with E-state index >= 15 is 0 Å². The second-order valence-electron chi connectivity index (χ2n) is 3.76. The Kier molecular flexibility index (Phi) is 2.62. The summed E-state index contributed by atoms with van der Waals surface area (Å²) < 4.78 is 7.37. The van der Waals surface area contributed by atoms with Crippen molar-refractivity contribution in [3.63, 3.8) is 0 Å². The molecular formula is C12H16N2O. The van der Waals surface area contributed by atoms with E-state index in [2.05, 4.69) is 29.5 Å². The van der Waals surface area contributed by atoms with Crippen molar-refractivity contribution in [1.82, 2.24) is 9.55 Å². The highest BCUT2D eigenvalue weighted by molar-refractivity contribution is 5.77. The molecular weight excluding hydrogens is 188 g/mol. The van der Waals surface area contributed by atoms with Crippen LogP contribution in [0.2, 0.25) is 0 Å². The summed E-state index contributed by atoms with van der Waals surface area (Å²) in [7, 11) is 1.67. The van der Waals surface area contributed by atoms with Crippen molar-refractivity contribution in [2.45, 2.75) is 26.3 Å². The maximum atomic E-state index is 5.17. The zero-order chi connectivity index (χ0) is 10.8. The van der Waals surface area contributed by atoms with E-state index in [0.29, 0.717) is 6.04 Å². The normalized spacial score (nSPS) is 13.0. The molecule has 0 aliphatic rings. The average molecular weight is 204 g/mol. The van der Waals surface area contributed by atoms with Crippen LogP contribution in [0.15, 0.2) is 24.5 Å². The van der Waals surface area contributed by atoms with Crippen LogP contribution in [0, 0.1) is 0 Å². The van der Waals surface area contributed by atoms with E-state index in [1.807, 2.05) is 18.5 Å². The van der Waals surface area contributed by atoms with Gasteiger partial charge in [-0.15, -0.1) is 0 Å². The minimum atomic E-state index is 0.489. The highest BCUT2D eigenvalue weighted by atomic mass is 16.5. The molecule has 1 aromatic carbocycles. The van der Waals surface area contributed by atoms with Gasteiger partial charge in [-0.3, -0.25) is 0 Å². The Morgan fingerprint density at radius 2 is 2.27 bits per heavy atom. The van der Waals surface area contributed by atoms with Gasteiger partial charge >= 0.3 is 0 Å². The molecule has 0 aliphatic carbocycles. The zero-order valence-electron chi connectivity index (χ0n) is 9.40. The molecule has 0 aliphatic heterocycles. The summed E-state index contributed by atoms with van der Waals surface area (Å²) in [4.78, 5) is 4.38. The highest BCUT2D eigenvalue weighted by Gasteiger charge is 2.07. The van der Waals surface area contributed by atoms with Crippen LogP contribution in [0.5, 0.6) is 5.75 Å². The van der Waals surface area contributed by atoms with Crippen molar-refractivity contribution in [1.29, 1.82) is 0 Å². The second-order valence-corrected chi connectivity index (χ2v) is 3.76. The third-order valence-corrected chi connectivity index (χ3v) is 2.85. The van der Waals surface area contributed by atoms with Gasteiger partial charge in [-0.1, -0.05) is 6.92 Å². The fraction of sp³-hybridized carbons (Fsp3) is 0.417. The van der Waals surface area contributed by atoms with Gasteiger partial charge < -0.3 is 9.30 Å². The molecule has 0 saturated heterocycles. The van der Waals surface area contributed by atoms with Gasteiger partial charge in [0.2, 0.25) is 0 Å². The number of fused-ring (bicyclic) bond motifs is 1. The lowest BCUT2D eigenvalue weighted by atomic mass is 10.2. The fourth-order valence-corrected chi connectivity index (χ4v) is 1.69. The molecule has 1 aromatic heterocycles. The molecule has 15 heavy (non-hydrogen) atoms. The molecule has 0 saturated carbocycles. The predicted molar refractivity (Wildman–Crippen MR) is 61.3 cm³/mol. The van der Waals surface area contributed by atoms with Crippen LogP contribution >= 0.6 is 0 Å². The summed E-state index contributed by atoms with van der Waals surface area (Å²) in [6, 6.07) is 6.49. The van der Waals surface area contributed by atoms with Crippen LogP contribution in [0.4, 0.5) is 0 Å². The van der Waals surface area contributed by atoms with E-state index in [4.69, 9.17) is 4.74 Å². The number of nitrogens with zero attached hydrogens (tertiary/aromatic N) is 2. The summed E-state index contributed by atoms with van der Waals surface area (Å²) in [5.74, 6) is 0.858. The Morgan fingerprint density at radius 3 is 2.93 bits per heavy atom. The lowest BCUT2D eigenvalue weighted by Crippen LogP contribution is -2.01. The lowest BCUT2D eigenvalue weighted by molar-refractivity contribution is 0.415. The van der Waals surface area contributed by atoms with Crippen molar-refractivity contribution in [2.75, 3.05) is 7.11 Å². The van der Waals surface area contributed by atoms with Gasteiger partial charge in [0, 0.05) is 12.1 Å². The van der Waals surface area contributed by atoms with Crippen LogP contribution in [0.1, 0.15) is 26.3 Å². The molecule has 3 nitrogen and oxygen atoms in total. The van der Waals surface area contributed by atoms with Crippen molar-refractivity contribution in [3.05, 3.63) is 24.5 Å². The largest absolute Gasteiger partial charge is 0.497 e. The summed E-state index contributed by atoms with van der Waals surface area (Å²) in [5, 5.41) is 0. The van der Waals surface area contributed by atoms with Crippen molar-refractivity contribution in [2.24, 2.45) is 0 Å². The van der Waals surface area contributed by atoms with E-state index in [-0.39, 0.29) is 0 Å². The first-order valence-electron chi connectivity index (χ1n) is 5.26. The quantitative estimate of drug-likeness (QED) is 0.768. The first kappa shape index (κ1) is 10.0. The molecule has 0 spiro atoms. The second kappa shape index (κ2) is 3.93. The van der Waals surface area contributed by atoms with E-state index in [9.17, 15) is 0 Å². The van der Waals surface area contributed by atoms with E-state index < -0.39 is 0 Å². The molecule has 80 valence electrons. The summed E-state index contributed by atoms with van der Waals surface area (Å²) >= 11 is 0. The van der Waals surface area contributed by atoms with Gasteiger partial charge in [0.15, 0.2) is 0 Å². The molecule has 3 heteroatoms. The van der Waals surface area contributed by atoms with Gasteiger partial charge in [0.25, 0.3) is 0 Å². The van der Waals surface area contributed by atoms with Crippen LogP contribution in [0.3, 0.4) is 0 Å². The Balaban J connectivity index is 2.52. The maximum Gasteiger partial charge on any atom is 0.121 e. The smallest absolute Gasteiger partial charge is 0.121 e. The van der Waals surface area contributed by atoms with Gasteiger partial charge in [0.05, 0.1) is 24.5 Å². The topological polar surface area (TPSA) is 27.1 Å². The summed E-state index contributed by atoms with van der Waals surface area (Å²) in [5.41, 5.74) is 2.17. The monoisotopic (exact) mass is 204 g/mol. The third kappa shape index (κ3) is 1.69. The number of imidazole rings is 1. The van der Waals surface area contributed by atoms with E-state index in [1.165, 1.54) is 5.52 Å². The minimum Gasteiger partial charge on any atom is -0.497 e. The zero-order valence-corrected chi connectivity index (χ0v) is 9.40. The molecule has 0 radical (unpaired) electrons. The Hall–Kier alpha value is -1.51. The van der Waals surface area contributed by atoms with E-state index in [0.717, 1.165) is 17.7 Å². The molecule has 2 rings (SSSR count). The predicted octanol–water partition coefficient (Wildman–Crippen LogP) is 3.02. The number of methoxy groups -OCH3 is 1.